The van der Waals surface area contributed by atoms with Gasteiger partial charge in [-0.25, -0.2) is 0 Å². The Kier molecular flexibility index (Phi) is 5.95. The number of carbonyl (C=O) groups excluding carboxylic acids is 1. The van der Waals surface area contributed by atoms with Crippen LogP contribution in [0.5, 0.6) is 0 Å². The summed E-state index contributed by atoms with van der Waals surface area (Å²) in [6.07, 6.45) is 0.522. The average molecular weight is 323 g/mol. The highest BCUT2D eigenvalue weighted by atomic mass is 16.1. The number of carbonyl (C=O) groups is 1. The van der Waals surface area contributed by atoms with Crippen LogP contribution in [0.4, 0.5) is 0 Å². The zero-order chi connectivity index (χ0) is 17.7. The van der Waals surface area contributed by atoms with Crippen molar-refractivity contribution in [2.45, 2.75) is 38.6 Å². The van der Waals surface area contributed by atoms with Crippen LogP contribution in [0.25, 0.3) is 0 Å². The summed E-state index contributed by atoms with van der Waals surface area (Å²) < 4.78 is 0. The molecule has 0 radical (unpaired) electrons. The van der Waals surface area contributed by atoms with E-state index < -0.39 is 5.41 Å². The zero-order valence-corrected chi connectivity index (χ0v) is 15.5. The van der Waals surface area contributed by atoms with Gasteiger partial charge >= 0.3 is 0 Å². The maximum Gasteiger partial charge on any atom is 0.147 e. The average Bonchev–Trinajstić information content (AvgIpc) is 2.63. The van der Waals surface area contributed by atoms with Gasteiger partial charge in [-0.3, -0.25) is 4.79 Å². The standard InChI is InChI=1S/C22H29NO/c1-6-21(24)22(17(2)18(3)23(4)5,19-13-9-7-10-14-19)20-15-11-8-12-16-20/h7-18H,6H2,1-5H3/t17-,18-/m0/s1. The summed E-state index contributed by atoms with van der Waals surface area (Å²) in [4.78, 5) is 15.6. The number of rotatable bonds is 7. The van der Waals surface area contributed by atoms with E-state index in [0.29, 0.717) is 6.42 Å². The molecule has 2 atom stereocenters. The van der Waals surface area contributed by atoms with Crippen molar-refractivity contribution in [3.05, 3.63) is 71.8 Å². The molecule has 0 heterocycles. The second-order valence-electron chi connectivity index (χ2n) is 6.81. The fourth-order valence-electron chi connectivity index (χ4n) is 3.76. The summed E-state index contributed by atoms with van der Waals surface area (Å²) in [6.45, 7) is 6.38. The van der Waals surface area contributed by atoms with Crippen molar-refractivity contribution in [3.63, 3.8) is 0 Å². The highest BCUT2D eigenvalue weighted by Crippen LogP contribution is 2.43. The molecule has 24 heavy (non-hydrogen) atoms. The molecule has 0 fully saturated rings. The Morgan fingerprint density at radius 1 is 0.917 bits per heavy atom. The van der Waals surface area contributed by atoms with E-state index in [1.165, 1.54) is 0 Å². The molecule has 0 saturated carbocycles. The van der Waals surface area contributed by atoms with Crippen molar-refractivity contribution in [1.82, 2.24) is 4.90 Å². The van der Waals surface area contributed by atoms with Crippen molar-refractivity contribution in [1.29, 1.82) is 0 Å². The second kappa shape index (κ2) is 7.76. The molecule has 2 rings (SSSR count). The predicted octanol–water partition coefficient (Wildman–Crippen LogP) is 4.54. The second-order valence-corrected chi connectivity index (χ2v) is 6.81. The molecule has 0 amide bonds. The van der Waals surface area contributed by atoms with Crippen LogP contribution < -0.4 is 0 Å². The minimum absolute atomic E-state index is 0.143. The van der Waals surface area contributed by atoms with E-state index in [9.17, 15) is 4.79 Å². The number of ketones is 1. The molecular weight excluding hydrogens is 294 g/mol. The van der Waals surface area contributed by atoms with E-state index in [1.807, 2.05) is 43.3 Å². The third-order valence-electron chi connectivity index (χ3n) is 5.44. The minimum atomic E-state index is -0.624. The molecule has 0 aromatic heterocycles. The Balaban J connectivity index is 2.77. The SMILES string of the molecule is CCC(=O)C(c1ccccc1)(c1ccccc1)[C@@H](C)[C@H](C)N(C)C. The van der Waals surface area contributed by atoms with E-state index in [0.717, 1.165) is 11.1 Å². The van der Waals surface area contributed by atoms with E-state index in [4.69, 9.17) is 0 Å². The third-order valence-corrected chi connectivity index (χ3v) is 5.44. The topological polar surface area (TPSA) is 20.3 Å². The molecule has 128 valence electrons. The van der Waals surface area contributed by atoms with E-state index >= 15 is 0 Å². The lowest BCUT2D eigenvalue weighted by molar-refractivity contribution is -0.125. The first-order chi connectivity index (χ1) is 11.5. The summed E-state index contributed by atoms with van der Waals surface area (Å²) in [6, 6.07) is 20.8. The molecule has 0 unspecified atom stereocenters. The molecular formula is C22H29NO. The summed E-state index contributed by atoms with van der Waals surface area (Å²) in [5.41, 5.74) is 1.55. The highest BCUT2D eigenvalue weighted by molar-refractivity contribution is 5.94. The summed E-state index contributed by atoms with van der Waals surface area (Å²) in [5, 5.41) is 0. The van der Waals surface area contributed by atoms with Crippen LogP contribution >= 0.6 is 0 Å². The van der Waals surface area contributed by atoms with Crippen LogP contribution in [0, 0.1) is 5.92 Å². The van der Waals surface area contributed by atoms with Crippen LogP contribution in [-0.2, 0) is 10.2 Å². The molecule has 2 aromatic carbocycles. The van der Waals surface area contributed by atoms with Gasteiger partial charge in [0.15, 0.2) is 0 Å². The molecule has 0 aliphatic carbocycles. The van der Waals surface area contributed by atoms with Crippen LogP contribution in [-0.4, -0.2) is 30.8 Å². The lowest BCUT2D eigenvalue weighted by Crippen LogP contribution is -2.50. The van der Waals surface area contributed by atoms with Gasteiger partial charge in [0, 0.05) is 12.5 Å². The van der Waals surface area contributed by atoms with Gasteiger partial charge in [0.1, 0.15) is 5.78 Å². The quantitative estimate of drug-likeness (QED) is 0.745. The van der Waals surface area contributed by atoms with E-state index in [2.05, 4.69) is 57.1 Å². The number of nitrogens with zero attached hydrogens (tertiary/aromatic N) is 1. The smallest absolute Gasteiger partial charge is 0.147 e. The summed E-state index contributed by atoms with van der Waals surface area (Å²) in [7, 11) is 4.16. The van der Waals surface area contributed by atoms with Crippen molar-refractivity contribution >= 4 is 5.78 Å². The summed E-state index contributed by atoms with van der Waals surface area (Å²) in [5.74, 6) is 0.422. The number of hydrogen-bond donors (Lipinski definition) is 0. The number of Topliss-reactive ketones (excluding diaryl/α,β-unsaturated/α-hetero) is 1. The normalized spacial score (nSPS) is 14.4. The fourth-order valence-corrected chi connectivity index (χ4v) is 3.76. The van der Waals surface area contributed by atoms with E-state index in [-0.39, 0.29) is 17.7 Å². The van der Waals surface area contributed by atoms with Crippen LogP contribution in [0.2, 0.25) is 0 Å². The van der Waals surface area contributed by atoms with Gasteiger partial charge in [0.05, 0.1) is 5.41 Å². The monoisotopic (exact) mass is 323 g/mol. The Morgan fingerprint density at radius 2 is 1.33 bits per heavy atom. The van der Waals surface area contributed by atoms with Gasteiger partial charge in [0.2, 0.25) is 0 Å². The van der Waals surface area contributed by atoms with Crippen molar-refractivity contribution in [2.75, 3.05) is 14.1 Å². The largest absolute Gasteiger partial charge is 0.306 e. The van der Waals surface area contributed by atoms with Crippen LogP contribution in [0.1, 0.15) is 38.3 Å². The maximum atomic E-state index is 13.4. The minimum Gasteiger partial charge on any atom is -0.306 e. The van der Waals surface area contributed by atoms with Crippen LogP contribution in [0.15, 0.2) is 60.7 Å². The Labute approximate surface area is 146 Å². The molecule has 2 aromatic rings. The molecule has 0 saturated heterocycles. The van der Waals surface area contributed by atoms with Crippen molar-refractivity contribution in [3.8, 4) is 0 Å². The van der Waals surface area contributed by atoms with Gasteiger partial charge in [-0.15, -0.1) is 0 Å². The van der Waals surface area contributed by atoms with Gasteiger partial charge in [-0.1, -0.05) is 74.5 Å². The van der Waals surface area contributed by atoms with Crippen molar-refractivity contribution < 1.29 is 4.79 Å². The zero-order valence-electron chi connectivity index (χ0n) is 15.5. The lowest BCUT2D eigenvalue weighted by atomic mass is 9.61. The maximum absolute atomic E-state index is 13.4. The Bertz CT molecular complexity index is 609. The predicted molar refractivity (Wildman–Crippen MR) is 101 cm³/mol. The molecule has 0 spiro atoms. The lowest BCUT2D eigenvalue weighted by Gasteiger charge is -2.43. The van der Waals surface area contributed by atoms with Crippen LogP contribution in [0.3, 0.4) is 0 Å². The van der Waals surface area contributed by atoms with E-state index in [1.54, 1.807) is 0 Å². The molecule has 2 nitrogen and oxygen atoms in total. The summed E-state index contributed by atoms with van der Waals surface area (Å²) >= 11 is 0. The highest BCUT2D eigenvalue weighted by Gasteiger charge is 2.47. The van der Waals surface area contributed by atoms with Gasteiger partial charge in [-0.05, 0) is 38.1 Å². The molecule has 0 aliphatic rings. The van der Waals surface area contributed by atoms with Gasteiger partial charge < -0.3 is 4.90 Å². The molecule has 2 heteroatoms. The third kappa shape index (κ3) is 3.16. The Hall–Kier alpha value is -1.93. The first-order valence-corrected chi connectivity index (χ1v) is 8.77. The first kappa shape index (κ1) is 18.4. The first-order valence-electron chi connectivity index (χ1n) is 8.77. The number of benzene rings is 2. The molecule has 0 bridgehead atoms. The molecule has 0 N–H and O–H groups in total. The van der Waals surface area contributed by atoms with Gasteiger partial charge in [0.25, 0.3) is 0 Å². The number of hydrogen-bond acceptors (Lipinski definition) is 2. The van der Waals surface area contributed by atoms with Crippen molar-refractivity contribution in [2.24, 2.45) is 5.92 Å². The van der Waals surface area contributed by atoms with Gasteiger partial charge in [-0.2, -0.15) is 0 Å². The Morgan fingerprint density at radius 3 is 1.67 bits per heavy atom. The fraction of sp³-hybridized carbons (Fsp3) is 0.409. The molecule has 0 aliphatic heterocycles.